The number of likely N-dealkylation sites (tertiary alicyclic amines) is 1. The van der Waals surface area contributed by atoms with E-state index >= 15 is 0 Å². The van der Waals surface area contributed by atoms with Crippen LogP contribution in [0.1, 0.15) is 19.3 Å². The molecule has 1 fully saturated rings. The maximum atomic E-state index is 11.5. The molecule has 0 aliphatic carbocycles. The van der Waals surface area contributed by atoms with E-state index in [1.807, 2.05) is 0 Å². The van der Waals surface area contributed by atoms with Gasteiger partial charge in [0.25, 0.3) is 0 Å². The molecule has 0 aromatic rings. The summed E-state index contributed by atoms with van der Waals surface area (Å²) in [4.78, 5) is 24.1. The van der Waals surface area contributed by atoms with Gasteiger partial charge in [-0.3, -0.25) is 4.79 Å². The second kappa shape index (κ2) is 6.32. The first-order valence-electron chi connectivity index (χ1n) is 5.40. The van der Waals surface area contributed by atoms with Gasteiger partial charge in [0, 0.05) is 13.1 Å². The van der Waals surface area contributed by atoms with Crippen molar-refractivity contribution in [1.82, 2.24) is 4.90 Å². The van der Waals surface area contributed by atoms with Gasteiger partial charge in [0.15, 0.2) is 0 Å². The molecule has 0 unspecified atom stereocenters. The van der Waals surface area contributed by atoms with Crippen molar-refractivity contribution in [3.8, 4) is 0 Å². The number of methoxy groups -OCH3 is 1. The molecule has 6 nitrogen and oxygen atoms in total. The zero-order valence-corrected chi connectivity index (χ0v) is 9.48. The number of ether oxygens (including phenoxy) is 2. The van der Waals surface area contributed by atoms with Crippen molar-refractivity contribution in [2.24, 2.45) is 5.73 Å². The van der Waals surface area contributed by atoms with Crippen LogP contribution in [0.4, 0.5) is 4.79 Å². The van der Waals surface area contributed by atoms with Crippen molar-refractivity contribution in [3.63, 3.8) is 0 Å². The molecule has 1 amide bonds. The Balaban J connectivity index is 2.26. The van der Waals surface area contributed by atoms with Crippen LogP contribution in [0, 0.1) is 0 Å². The molecule has 1 heterocycles. The minimum Gasteiger partial charge on any atom is -0.468 e. The van der Waals surface area contributed by atoms with Crippen molar-refractivity contribution in [1.29, 1.82) is 0 Å². The van der Waals surface area contributed by atoms with Gasteiger partial charge in [0.1, 0.15) is 12.6 Å². The largest absolute Gasteiger partial charge is 0.468 e. The molecule has 1 aliphatic rings. The Morgan fingerprint density at radius 3 is 2.50 bits per heavy atom. The third-order valence-corrected chi connectivity index (χ3v) is 2.50. The predicted octanol–water partition coefficient (Wildman–Crippen LogP) is 0.109. The topological polar surface area (TPSA) is 81.9 Å². The third kappa shape index (κ3) is 3.69. The van der Waals surface area contributed by atoms with Crippen LogP contribution in [0.2, 0.25) is 0 Å². The lowest BCUT2D eigenvalue weighted by molar-refractivity contribution is -0.143. The molecule has 0 radical (unpaired) electrons. The lowest BCUT2D eigenvalue weighted by Crippen LogP contribution is -2.41. The number of hydrogen-bond donors (Lipinski definition) is 1. The van der Waals surface area contributed by atoms with E-state index in [2.05, 4.69) is 4.74 Å². The van der Waals surface area contributed by atoms with Crippen LogP contribution < -0.4 is 5.73 Å². The highest BCUT2D eigenvalue weighted by Gasteiger charge is 2.21. The van der Waals surface area contributed by atoms with Gasteiger partial charge in [-0.1, -0.05) is 0 Å². The Bertz CT molecular complexity index is 251. The van der Waals surface area contributed by atoms with E-state index in [-0.39, 0.29) is 6.61 Å². The van der Waals surface area contributed by atoms with Crippen LogP contribution in [-0.2, 0) is 14.3 Å². The van der Waals surface area contributed by atoms with E-state index in [1.54, 1.807) is 4.90 Å². The first-order valence-corrected chi connectivity index (χ1v) is 5.40. The Hall–Kier alpha value is -1.30. The van der Waals surface area contributed by atoms with Gasteiger partial charge in [-0.15, -0.1) is 0 Å². The van der Waals surface area contributed by atoms with Gasteiger partial charge in [-0.05, 0) is 19.3 Å². The summed E-state index contributed by atoms with van der Waals surface area (Å²) in [5.41, 5.74) is 5.44. The molecule has 1 atom stereocenters. The third-order valence-electron chi connectivity index (χ3n) is 2.50. The van der Waals surface area contributed by atoms with Gasteiger partial charge in [-0.2, -0.15) is 0 Å². The van der Waals surface area contributed by atoms with Crippen LogP contribution >= 0.6 is 0 Å². The lowest BCUT2D eigenvalue weighted by atomic mass is 10.1. The van der Waals surface area contributed by atoms with Crippen LogP contribution in [0.5, 0.6) is 0 Å². The second-order valence-corrected chi connectivity index (χ2v) is 3.75. The standard InChI is InChI=1S/C10H18N2O4/c1-15-9(13)8(11)7-16-10(14)12-5-3-2-4-6-12/h8H,2-7,11H2,1H3/t8-/m0/s1. The summed E-state index contributed by atoms with van der Waals surface area (Å²) in [6.45, 7) is 1.29. The van der Waals surface area contributed by atoms with Crippen molar-refractivity contribution >= 4 is 12.1 Å². The Kier molecular flexibility index (Phi) is 5.04. The van der Waals surface area contributed by atoms with E-state index < -0.39 is 18.1 Å². The molecule has 16 heavy (non-hydrogen) atoms. The molecule has 1 aliphatic heterocycles. The van der Waals surface area contributed by atoms with Crippen LogP contribution in [0.3, 0.4) is 0 Å². The summed E-state index contributed by atoms with van der Waals surface area (Å²) in [5.74, 6) is -0.577. The number of nitrogens with zero attached hydrogens (tertiary/aromatic N) is 1. The van der Waals surface area contributed by atoms with Crippen molar-refractivity contribution in [2.45, 2.75) is 25.3 Å². The molecule has 0 bridgehead atoms. The number of piperidine rings is 1. The van der Waals surface area contributed by atoms with Gasteiger partial charge in [0.2, 0.25) is 0 Å². The van der Waals surface area contributed by atoms with Crippen molar-refractivity contribution in [2.75, 3.05) is 26.8 Å². The minimum atomic E-state index is -0.904. The highest BCUT2D eigenvalue weighted by molar-refractivity contribution is 5.76. The maximum Gasteiger partial charge on any atom is 0.409 e. The molecular formula is C10H18N2O4. The number of esters is 1. The Morgan fingerprint density at radius 1 is 1.31 bits per heavy atom. The monoisotopic (exact) mass is 230 g/mol. The van der Waals surface area contributed by atoms with E-state index in [0.29, 0.717) is 13.1 Å². The minimum absolute atomic E-state index is 0.137. The Labute approximate surface area is 94.7 Å². The predicted molar refractivity (Wildman–Crippen MR) is 56.8 cm³/mol. The van der Waals surface area contributed by atoms with Gasteiger partial charge < -0.3 is 20.1 Å². The second-order valence-electron chi connectivity index (χ2n) is 3.75. The molecule has 0 saturated carbocycles. The lowest BCUT2D eigenvalue weighted by Gasteiger charge is -2.26. The highest BCUT2D eigenvalue weighted by Crippen LogP contribution is 2.09. The summed E-state index contributed by atoms with van der Waals surface area (Å²) in [7, 11) is 1.24. The molecule has 1 saturated heterocycles. The fraction of sp³-hybridized carbons (Fsp3) is 0.800. The molecule has 0 spiro atoms. The summed E-state index contributed by atoms with van der Waals surface area (Å²) in [5, 5.41) is 0. The maximum absolute atomic E-state index is 11.5. The molecule has 2 N–H and O–H groups in total. The van der Waals surface area contributed by atoms with Crippen molar-refractivity contribution < 1.29 is 19.1 Å². The molecule has 0 aromatic heterocycles. The van der Waals surface area contributed by atoms with Crippen molar-refractivity contribution in [3.05, 3.63) is 0 Å². The van der Waals surface area contributed by atoms with Gasteiger partial charge >= 0.3 is 12.1 Å². The average molecular weight is 230 g/mol. The number of carbonyl (C=O) groups is 2. The summed E-state index contributed by atoms with van der Waals surface area (Å²) < 4.78 is 9.35. The summed E-state index contributed by atoms with van der Waals surface area (Å²) in [6.07, 6.45) is 2.74. The smallest absolute Gasteiger partial charge is 0.409 e. The first-order chi connectivity index (χ1) is 7.65. The molecule has 1 rings (SSSR count). The average Bonchev–Trinajstić information content (AvgIpc) is 2.35. The highest BCUT2D eigenvalue weighted by atomic mass is 16.6. The molecule has 6 heteroatoms. The SMILES string of the molecule is COC(=O)[C@@H](N)COC(=O)N1CCCCC1. The van der Waals surface area contributed by atoms with Crippen LogP contribution in [0.15, 0.2) is 0 Å². The van der Waals surface area contributed by atoms with Crippen LogP contribution in [-0.4, -0.2) is 49.8 Å². The van der Waals surface area contributed by atoms with E-state index in [0.717, 1.165) is 19.3 Å². The molecule has 0 aromatic carbocycles. The number of rotatable bonds is 3. The summed E-state index contributed by atoms with van der Waals surface area (Å²) in [6, 6.07) is -0.904. The Morgan fingerprint density at radius 2 is 1.94 bits per heavy atom. The fourth-order valence-corrected chi connectivity index (χ4v) is 1.55. The zero-order valence-electron chi connectivity index (χ0n) is 9.48. The van der Waals surface area contributed by atoms with E-state index in [9.17, 15) is 9.59 Å². The van der Waals surface area contributed by atoms with E-state index in [1.165, 1.54) is 7.11 Å². The number of carbonyl (C=O) groups excluding carboxylic acids is 2. The normalized spacial score (nSPS) is 17.8. The molecule has 92 valence electrons. The van der Waals surface area contributed by atoms with Gasteiger partial charge in [0.05, 0.1) is 7.11 Å². The first kappa shape index (κ1) is 12.8. The number of amides is 1. The zero-order chi connectivity index (χ0) is 12.0. The fourth-order valence-electron chi connectivity index (χ4n) is 1.55. The van der Waals surface area contributed by atoms with Gasteiger partial charge in [-0.25, -0.2) is 4.79 Å². The quantitative estimate of drug-likeness (QED) is 0.696. The van der Waals surface area contributed by atoms with Crippen LogP contribution in [0.25, 0.3) is 0 Å². The molecular weight excluding hydrogens is 212 g/mol. The number of nitrogens with two attached hydrogens (primary N) is 1. The van der Waals surface area contributed by atoms with E-state index in [4.69, 9.17) is 10.5 Å². The number of hydrogen-bond acceptors (Lipinski definition) is 5. The summed E-state index contributed by atoms with van der Waals surface area (Å²) >= 11 is 0.